The van der Waals surface area contributed by atoms with E-state index in [1.165, 1.54) is 6.07 Å². The number of carbonyl (C=O) groups is 1. The lowest BCUT2D eigenvalue weighted by Crippen LogP contribution is -2.41. The van der Waals surface area contributed by atoms with Gasteiger partial charge in [0.25, 0.3) is 0 Å². The Morgan fingerprint density at radius 1 is 1.24 bits per heavy atom. The second kappa shape index (κ2) is 6.14. The molecule has 2 atom stereocenters. The fourth-order valence-electron chi connectivity index (χ4n) is 3.27. The zero-order chi connectivity index (χ0) is 14.8. The molecule has 3 nitrogen and oxygen atoms in total. The monoisotopic (exact) mass is 290 g/mol. The molecule has 114 valence electrons. The molecule has 0 bridgehead atoms. The maximum absolute atomic E-state index is 13.8. The number of hydrogen-bond acceptors (Lipinski definition) is 2. The molecule has 0 spiro atoms. The second-order valence-electron chi connectivity index (χ2n) is 6.41. The summed E-state index contributed by atoms with van der Waals surface area (Å²) >= 11 is 0. The van der Waals surface area contributed by atoms with E-state index < -0.39 is 0 Å². The summed E-state index contributed by atoms with van der Waals surface area (Å²) in [6.45, 7) is 0.391. The molecule has 21 heavy (non-hydrogen) atoms. The Kier molecular flexibility index (Phi) is 4.24. The Morgan fingerprint density at radius 2 is 2.00 bits per heavy atom. The molecule has 2 N–H and O–H groups in total. The minimum absolute atomic E-state index is 0.0288. The van der Waals surface area contributed by atoms with Gasteiger partial charge in [0, 0.05) is 30.1 Å². The smallest absolute Gasteiger partial charge is 0.226 e. The molecular formula is C17H23FN2O. The molecule has 2 unspecified atom stereocenters. The molecule has 0 aliphatic heterocycles. The zero-order valence-electron chi connectivity index (χ0n) is 12.3. The van der Waals surface area contributed by atoms with Crippen LogP contribution in [0.4, 0.5) is 4.39 Å². The van der Waals surface area contributed by atoms with Crippen LogP contribution < -0.4 is 5.73 Å². The Morgan fingerprint density at radius 3 is 2.67 bits per heavy atom. The van der Waals surface area contributed by atoms with Crippen LogP contribution in [-0.4, -0.2) is 22.9 Å². The van der Waals surface area contributed by atoms with Crippen molar-refractivity contribution < 1.29 is 9.18 Å². The average Bonchev–Trinajstić information content (AvgIpc) is 3.30. The van der Waals surface area contributed by atoms with Crippen molar-refractivity contribution in [1.82, 2.24) is 4.90 Å². The van der Waals surface area contributed by atoms with E-state index in [9.17, 15) is 9.18 Å². The molecule has 3 rings (SSSR count). The topological polar surface area (TPSA) is 46.3 Å². The quantitative estimate of drug-likeness (QED) is 0.927. The zero-order valence-corrected chi connectivity index (χ0v) is 12.3. The maximum Gasteiger partial charge on any atom is 0.226 e. The molecule has 1 aromatic rings. The Bertz CT molecular complexity index is 515. The predicted octanol–water partition coefficient (Wildman–Crippen LogP) is 2.83. The van der Waals surface area contributed by atoms with E-state index in [0.717, 1.165) is 38.5 Å². The highest BCUT2D eigenvalue weighted by Gasteiger charge is 2.37. The highest BCUT2D eigenvalue weighted by Crippen LogP contribution is 2.33. The highest BCUT2D eigenvalue weighted by atomic mass is 19.1. The van der Waals surface area contributed by atoms with Crippen LogP contribution in [0.3, 0.4) is 0 Å². The van der Waals surface area contributed by atoms with Gasteiger partial charge in [-0.15, -0.1) is 0 Å². The number of rotatable bonds is 4. The summed E-state index contributed by atoms with van der Waals surface area (Å²) in [7, 11) is 0. The summed E-state index contributed by atoms with van der Waals surface area (Å²) in [4.78, 5) is 14.7. The van der Waals surface area contributed by atoms with E-state index in [1.54, 1.807) is 12.1 Å². The van der Waals surface area contributed by atoms with Crippen molar-refractivity contribution >= 4 is 5.91 Å². The van der Waals surface area contributed by atoms with Crippen LogP contribution in [0.15, 0.2) is 24.3 Å². The van der Waals surface area contributed by atoms with E-state index in [0.29, 0.717) is 18.2 Å². The van der Waals surface area contributed by atoms with Gasteiger partial charge in [-0.25, -0.2) is 4.39 Å². The summed E-state index contributed by atoms with van der Waals surface area (Å²) in [5.41, 5.74) is 6.61. The SMILES string of the molecule is NC1CCCC(C(=O)N(Cc2ccccc2F)C2CC2)C1. The molecular weight excluding hydrogens is 267 g/mol. The van der Waals surface area contributed by atoms with Crippen molar-refractivity contribution in [1.29, 1.82) is 0 Å². The molecule has 0 radical (unpaired) electrons. The molecule has 0 saturated heterocycles. The third-order valence-electron chi connectivity index (χ3n) is 4.63. The normalized spacial score (nSPS) is 25.6. The maximum atomic E-state index is 13.8. The van der Waals surface area contributed by atoms with Crippen molar-refractivity contribution in [2.75, 3.05) is 0 Å². The Hall–Kier alpha value is -1.42. The van der Waals surface area contributed by atoms with Crippen LogP contribution in [0.5, 0.6) is 0 Å². The Labute approximate surface area is 125 Å². The number of carbonyl (C=O) groups excluding carboxylic acids is 1. The number of nitrogens with zero attached hydrogens (tertiary/aromatic N) is 1. The van der Waals surface area contributed by atoms with Crippen LogP contribution in [0.2, 0.25) is 0 Å². The van der Waals surface area contributed by atoms with Gasteiger partial charge in [-0.05, 0) is 38.2 Å². The summed E-state index contributed by atoms with van der Waals surface area (Å²) in [6, 6.07) is 7.18. The number of hydrogen-bond donors (Lipinski definition) is 1. The molecule has 2 aliphatic carbocycles. The lowest BCUT2D eigenvalue weighted by atomic mass is 9.85. The van der Waals surface area contributed by atoms with Crippen LogP contribution in [-0.2, 0) is 11.3 Å². The van der Waals surface area contributed by atoms with Crippen LogP contribution in [0, 0.1) is 11.7 Å². The van der Waals surface area contributed by atoms with Crippen LogP contribution in [0.25, 0.3) is 0 Å². The van der Waals surface area contributed by atoms with Gasteiger partial charge in [-0.1, -0.05) is 24.6 Å². The van der Waals surface area contributed by atoms with E-state index in [-0.39, 0.29) is 23.7 Å². The van der Waals surface area contributed by atoms with Gasteiger partial charge in [0.2, 0.25) is 5.91 Å². The molecule has 1 amide bonds. The summed E-state index contributed by atoms with van der Waals surface area (Å²) < 4.78 is 13.8. The van der Waals surface area contributed by atoms with Crippen LogP contribution in [0.1, 0.15) is 44.1 Å². The van der Waals surface area contributed by atoms with Crippen molar-refractivity contribution in [2.24, 2.45) is 11.7 Å². The van der Waals surface area contributed by atoms with Gasteiger partial charge >= 0.3 is 0 Å². The van der Waals surface area contributed by atoms with Crippen molar-refractivity contribution in [3.05, 3.63) is 35.6 Å². The van der Waals surface area contributed by atoms with Gasteiger partial charge in [0.15, 0.2) is 0 Å². The van der Waals surface area contributed by atoms with Crippen molar-refractivity contribution in [3.8, 4) is 0 Å². The molecule has 4 heteroatoms. The lowest BCUT2D eigenvalue weighted by molar-refractivity contribution is -0.138. The van der Waals surface area contributed by atoms with Gasteiger partial charge in [0.1, 0.15) is 5.82 Å². The van der Waals surface area contributed by atoms with E-state index >= 15 is 0 Å². The van der Waals surface area contributed by atoms with Gasteiger partial charge in [-0.3, -0.25) is 4.79 Å². The third kappa shape index (κ3) is 3.43. The third-order valence-corrected chi connectivity index (χ3v) is 4.63. The Balaban J connectivity index is 1.72. The highest BCUT2D eigenvalue weighted by molar-refractivity contribution is 5.79. The predicted molar refractivity (Wildman–Crippen MR) is 79.9 cm³/mol. The fourth-order valence-corrected chi connectivity index (χ4v) is 3.27. The number of benzene rings is 1. The standard InChI is InChI=1S/C17H23FN2O/c18-16-7-2-1-4-13(16)11-20(15-8-9-15)17(21)12-5-3-6-14(19)10-12/h1-2,4,7,12,14-15H,3,5-6,8-11,19H2. The first-order chi connectivity index (χ1) is 10.1. The molecule has 2 saturated carbocycles. The first kappa shape index (κ1) is 14.5. The van der Waals surface area contributed by atoms with Gasteiger partial charge in [0.05, 0.1) is 0 Å². The summed E-state index contributed by atoms with van der Waals surface area (Å²) in [5.74, 6) is -0.0201. The molecule has 0 aromatic heterocycles. The van der Waals surface area contributed by atoms with E-state index in [1.807, 2.05) is 11.0 Å². The first-order valence-electron chi connectivity index (χ1n) is 7.94. The molecule has 2 aliphatic rings. The summed E-state index contributed by atoms with van der Waals surface area (Å²) in [6.07, 6.45) is 5.82. The molecule has 0 heterocycles. The van der Waals surface area contributed by atoms with Crippen molar-refractivity contribution in [3.63, 3.8) is 0 Å². The fraction of sp³-hybridized carbons (Fsp3) is 0.588. The minimum Gasteiger partial charge on any atom is -0.335 e. The average molecular weight is 290 g/mol. The minimum atomic E-state index is -0.226. The largest absolute Gasteiger partial charge is 0.335 e. The first-order valence-corrected chi connectivity index (χ1v) is 7.94. The van der Waals surface area contributed by atoms with E-state index in [2.05, 4.69) is 0 Å². The van der Waals surface area contributed by atoms with Gasteiger partial charge in [-0.2, -0.15) is 0 Å². The van der Waals surface area contributed by atoms with E-state index in [4.69, 9.17) is 5.73 Å². The van der Waals surface area contributed by atoms with Crippen LogP contribution >= 0.6 is 0 Å². The number of nitrogens with two attached hydrogens (primary N) is 1. The molecule has 2 fully saturated rings. The summed E-state index contributed by atoms with van der Waals surface area (Å²) in [5, 5.41) is 0. The molecule has 1 aromatic carbocycles. The van der Waals surface area contributed by atoms with Gasteiger partial charge < -0.3 is 10.6 Å². The number of halogens is 1. The van der Waals surface area contributed by atoms with Crippen molar-refractivity contribution in [2.45, 2.75) is 57.2 Å². The number of amides is 1. The second-order valence-corrected chi connectivity index (χ2v) is 6.41. The lowest BCUT2D eigenvalue weighted by Gasteiger charge is -2.31.